The summed E-state index contributed by atoms with van der Waals surface area (Å²) in [7, 11) is 1.69. The van der Waals surface area contributed by atoms with Crippen LogP contribution in [0, 0.1) is 18.7 Å². The van der Waals surface area contributed by atoms with Crippen molar-refractivity contribution in [3.63, 3.8) is 0 Å². The molecule has 0 saturated carbocycles. The highest BCUT2D eigenvalue weighted by Crippen LogP contribution is 2.21. The van der Waals surface area contributed by atoms with Crippen LogP contribution in [0.3, 0.4) is 0 Å². The first kappa shape index (κ1) is 19.7. The van der Waals surface area contributed by atoms with Crippen LogP contribution >= 0.6 is 12.2 Å². The molecule has 0 unspecified atom stereocenters. The molecule has 6 nitrogen and oxygen atoms in total. The normalized spacial score (nSPS) is 14.9. The van der Waals surface area contributed by atoms with Gasteiger partial charge in [-0.05, 0) is 73.6 Å². The summed E-state index contributed by atoms with van der Waals surface area (Å²) in [6.07, 6.45) is 0. The summed E-state index contributed by atoms with van der Waals surface area (Å²) in [5.74, 6) is 1.48. The predicted octanol–water partition coefficient (Wildman–Crippen LogP) is 2.86. The van der Waals surface area contributed by atoms with Crippen LogP contribution in [0.15, 0.2) is 46.9 Å². The van der Waals surface area contributed by atoms with Crippen molar-refractivity contribution in [2.45, 2.75) is 20.5 Å². The van der Waals surface area contributed by atoms with E-state index < -0.39 is 0 Å². The van der Waals surface area contributed by atoms with Crippen molar-refractivity contribution in [2.75, 3.05) is 38.2 Å². The van der Waals surface area contributed by atoms with Crippen LogP contribution in [0.1, 0.15) is 11.1 Å². The molecular weight excluding hydrogens is 384 g/mol. The second-order valence-electron chi connectivity index (χ2n) is 7.56. The number of ether oxygens (including phenoxy) is 1. The molecule has 1 aliphatic rings. The van der Waals surface area contributed by atoms with Gasteiger partial charge in [0.25, 0.3) is 4.84 Å². The van der Waals surface area contributed by atoms with Gasteiger partial charge in [-0.2, -0.15) is 4.68 Å². The highest BCUT2D eigenvalue weighted by atomic mass is 32.1. The quantitative estimate of drug-likeness (QED) is 0.655. The molecule has 0 bridgehead atoms. The number of aromatic nitrogens is 2. The molecule has 152 valence electrons. The highest BCUT2D eigenvalue weighted by molar-refractivity contribution is 7.71. The molecule has 1 N–H and O–H groups in total. The van der Waals surface area contributed by atoms with Gasteiger partial charge in [0.05, 0.1) is 33.3 Å². The summed E-state index contributed by atoms with van der Waals surface area (Å²) in [6, 6.07) is 14.5. The van der Waals surface area contributed by atoms with Crippen molar-refractivity contribution in [3.05, 3.63) is 58.4 Å². The largest absolute Gasteiger partial charge is 0.497 e. The number of aryl methyl sites for hydroxylation is 2. The van der Waals surface area contributed by atoms with E-state index in [2.05, 4.69) is 48.1 Å². The number of nitrogens with one attached hydrogen (secondary N) is 1. The van der Waals surface area contributed by atoms with E-state index in [4.69, 9.17) is 21.4 Å². The smallest absolute Gasteiger partial charge is 0.292 e. The number of methoxy groups -OCH3 is 1. The third kappa shape index (κ3) is 4.36. The predicted molar refractivity (Wildman–Crippen MR) is 116 cm³/mol. The van der Waals surface area contributed by atoms with Crippen LogP contribution in [0.5, 0.6) is 5.75 Å². The third-order valence-corrected chi connectivity index (χ3v) is 5.94. The molecule has 1 saturated heterocycles. The van der Waals surface area contributed by atoms with Gasteiger partial charge in [0.15, 0.2) is 6.67 Å². The zero-order chi connectivity index (χ0) is 20.4. The molecule has 29 heavy (non-hydrogen) atoms. The Morgan fingerprint density at radius 3 is 2.45 bits per heavy atom. The standard InChI is InChI=1S/C22H26N4O2S/c1-16-4-5-18(14-17(16)2)21-23-26(22(29)28-21)15-24-10-12-25(13-11-24)19-6-8-20(27-3)9-7-19/h4-9,14H,10-13,15H2,1-3H3/p+1. The van der Waals surface area contributed by atoms with Gasteiger partial charge in [0.1, 0.15) is 5.75 Å². The maximum Gasteiger partial charge on any atom is 0.292 e. The fourth-order valence-corrected chi connectivity index (χ4v) is 3.83. The van der Waals surface area contributed by atoms with Gasteiger partial charge in [-0.25, -0.2) is 0 Å². The Kier molecular flexibility index (Phi) is 5.69. The minimum Gasteiger partial charge on any atom is -0.497 e. The van der Waals surface area contributed by atoms with Crippen molar-refractivity contribution in [1.29, 1.82) is 0 Å². The van der Waals surface area contributed by atoms with Gasteiger partial charge in [0, 0.05) is 11.3 Å². The van der Waals surface area contributed by atoms with Gasteiger partial charge in [0.2, 0.25) is 5.89 Å². The summed E-state index contributed by atoms with van der Waals surface area (Å²) >= 11 is 5.42. The maximum absolute atomic E-state index is 5.78. The molecule has 2 heterocycles. The Morgan fingerprint density at radius 2 is 1.79 bits per heavy atom. The molecule has 7 heteroatoms. The van der Waals surface area contributed by atoms with E-state index in [1.54, 1.807) is 7.11 Å². The zero-order valence-electron chi connectivity index (χ0n) is 17.1. The molecule has 0 atom stereocenters. The lowest BCUT2D eigenvalue weighted by Crippen LogP contribution is -3.14. The summed E-state index contributed by atoms with van der Waals surface area (Å²) < 4.78 is 12.8. The van der Waals surface area contributed by atoms with Gasteiger partial charge >= 0.3 is 0 Å². The van der Waals surface area contributed by atoms with Crippen LogP contribution in [0.4, 0.5) is 5.69 Å². The zero-order valence-corrected chi connectivity index (χ0v) is 18.0. The maximum atomic E-state index is 5.78. The lowest BCUT2D eigenvalue weighted by Gasteiger charge is -2.33. The van der Waals surface area contributed by atoms with Crippen LogP contribution in [0.2, 0.25) is 0 Å². The Bertz CT molecular complexity index is 1030. The minimum atomic E-state index is 0.434. The third-order valence-electron chi connectivity index (χ3n) is 5.64. The van der Waals surface area contributed by atoms with Gasteiger partial charge < -0.3 is 19.0 Å². The lowest BCUT2D eigenvalue weighted by atomic mass is 10.1. The molecule has 4 rings (SSSR count). The number of anilines is 1. The molecule has 1 aliphatic heterocycles. The number of hydrogen-bond donors (Lipinski definition) is 1. The van der Waals surface area contributed by atoms with Crippen LogP contribution in [0.25, 0.3) is 11.5 Å². The van der Waals surface area contributed by atoms with Crippen molar-refractivity contribution in [1.82, 2.24) is 9.78 Å². The Balaban J connectivity index is 1.40. The Labute approximate surface area is 176 Å². The van der Waals surface area contributed by atoms with Crippen molar-refractivity contribution in [3.8, 4) is 17.2 Å². The molecule has 1 aromatic heterocycles. The fraction of sp³-hybridized carbons (Fsp3) is 0.364. The minimum absolute atomic E-state index is 0.434. The molecule has 3 aromatic rings. The van der Waals surface area contributed by atoms with E-state index in [0.717, 1.165) is 44.2 Å². The van der Waals surface area contributed by atoms with Crippen molar-refractivity contribution >= 4 is 17.9 Å². The average molecular weight is 412 g/mol. The van der Waals surface area contributed by atoms with Crippen molar-refractivity contribution < 1.29 is 14.1 Å². The molecule has 2 aromatic carbocycles. The lowest BCUT2D eigenvalue weighted by molar-refractivity contribution is -0.924. The first-order chi connectivity index (χ1) is 14.0. The number of quaternary nitrogens is 1. The molecule has 0 aliphatic carbocycles. The molecule has 1 fully saturated rings. The summed E-state index contributed by atoms with van der Waals surface area (Å²) in [6.45, 7) is 8.97. The SMILES string of the molecule is COc1ccc(N2CC[NH+](Cn3nc(-c4ccc(C)c(C)c4)oc3=S)CC2)cc1. The molecular formula is C22H27N4O2S+. The van der Waals surface area contributed by atoms with Gasteiger partial charge in [-0.15, -0.1) is 5.10 Å². The monoisotopic (exact) mass is 411 g/mol. The second kappa shape index (κ2) is 8.39. The van der Waals surface area contributed by atoms with Crippen LogP contribution < -0.4 is 14.5 Å². The topological polar surface area (TPSA) is 47.9 Å². The first-order valence-electron chi connectivity index (χ1n) is 9.91. The van der Waals surface area contributed by atoms with E-state index in [9.17, 15) is 0 Å². The second-order valence-corrected chi connectivity index (χ2v) is 7.91. The number of hydrogen-bond acceptors (Lipinski definition) is 5. The summed E-state index contributed by atoms with van der Waals surface area (Å²) in [5.41, 5.74) is 4.68. The first-order valence-corrected chi connectivity index (χ1v) is 10.3. The fourth-order valence-electron chi connectivity index (χ4n) is 3.64. The van der Waals surface area contributed by atoms with Crippen molar-refractivity contribution in [2.24, 2.45) is 0 Å². The van der Waals surface area contributed by atoms with Crippen LogP contribution in [-0.2, 0) is 6.67 Å². The number of rotatable bonds is 5. The van der Waals surface area contributed by atoms with E-state index in [1.165, 1.54) is 21.7 Å². The van der Waals surface area contributed by atoms with E-state index >= 15 is 0 Å². The van der Waals surface area contributed by atoms with Gasteiger partial charge in [-0.1, -0.05) is 6.07 Å². The number of piperazine rings is 1. The van der Waals surface area contributed by atoms with Crippen LogP contribution in [-0.4, -0.2) is 43.1 Å². The Morgan fingerprint density at radius 1 is 1.07 bits per heavy atom. The average Bonchev–Trinajstić information content (AvgIpc) is 3.11. The number of benzene rings is 2. The summed E-state index contributed by atoms with van der Waals surface area (Å²) in [5, 5.41) is 4.64. The summed E-state index contributed by atoms with van der Waals surface area (Å²) in [4.78, 5) is 4.29. The highest BCUT2D eigenvalue weighted by Gasteiger charge is 2.22. The molecule has 0 spiro atoms. The Hall–Kier alpha value is -2.64. The number of nitrogens with zero attached hydrogens (tertiary/aromatic N) is 3. The molecule has 0 radical (unpaired) electrons. The van der Waals surface area contributed by atoms with E-state index in [1.807, 2.05) is 22.9 Å². The molecule has 0 amide bonds. The van der Waals surface area contributed by atoms with E-state index in [-0.39, 0.29) is 0 Å². The van der Waals surface area contributed by atoms with Gasteiger partial charge in [-0.3, -0.25) is 0 Å². The van der Waals surface area contributed by atoms with E-state index in [0.29, 0.717) is 10.7 Å².